The summed E-state index contributed by atoms with van der Waals surface area (Å²) in [5.74, 6) is 0.619. The lowest BCUT2D eigenvalue weighted by Gasteiger charge is -2.40. The molecule has 1 aromatic heterocycles. The van der Waals surface area contributed by atoms with Gasteiger partial charge in [0, 0.05) is 40.9 Å². The number of ketones is 1. The van der Waals surface area contributed by atoms with Gasteiger partial charge in [-0.2, -0.15) is 0 Å². The summed E-state index contributed by atoms with van der Waals surface area (Å²) >= 11 is 6.17. The van der Waals surface area contributed by atoms with Crippen LogP contribution in [0.1, 0.15) is 53.7 Å². The van der Waals surface area contributed by atoms with Crippen LogP contribution in [0.5, 0.6) is 0 Å². The number of hydrogen-bond acceptors (Lipinski definition) is 3. The maximum atomic E-state index is 12.5. The van der Waals surface area contributed by atoms with Crippen molar-refractivity contribution in [2.24, 2.45) is 11.7 Å². The third-order valence-electron chi connectivity index (χ3n) is 5.60. The lowest BCUT2D eigenvalue weighted by atomic mass is 9.66. The number of nitrogens with two attached hydrogens (primary N) is 1. The zero-order chi connectivity index (χ0) is 17.9. The Morgan fingerprint density at radius 2 is 2.04 bits per heavy atom. The fraction of sp³-hybridized carbons (Fsp3) is 0.429. The monoisotopic (exact) mass is 356 g/mol. The molecule has 0 atom stereocenters. The third kappa shape index (κ3) is 4.10. The van der Waals surface area contributed by atoms with Crippen LogP contribution in [0.2, 0.25) is 5.02 Å². The van der Waals surface area contributed by atoms with Crippen molar-refractivity contribution in [3.8, 4) is 0 Å². The van der Waals surface area contributed by atoms with Crippen LogP contribution < -0.4 is 5.73 Å². The highest BCUT2D eigenvalue weighted by Gasteiger charge is 2.36. The van der Waals surface area contributed by atoms with Gasteiger partial charge in [-0.3, -0.25) is 9.78 Å². The van der Waals surface area contributed by atoms with Gasteiger partial charge in [-0.1, -0.05) is 23.7 Å². The molecule has 1 saturated carbocycles. The number of rotatable bonds is 5. The molecule has 2 N–H and O–H groups in total. The largest absolute Gasteiger partial charge is 0.330 e. The number of Topliss-reactive ketones (excluding diaryl/α,β-unsaturated/α-hetero) is 1. The number of aryl methyl sites for hydroxylation is 1. The maximum absolute atomic E-state index is 12.5. The van der Waals surface area contributed by atoms with Gasteiger partial charge >= 0.3 is 0 Å². The van der Waals surface area contributed by atoms with E-state index in [-0.39, 0.29) is 11.2 Å². The number of hydrogen-bond donors (Lipinski definition) is 1. The molecule has 132 valence electrons. The normalized spacial score (nSPS) is 23.4. The summed E-state index contributed by atoms with van der Waals surface area (Å²) in [5, 5.41) is 0.759. The number of halogens is 1. The van der Waals surface area contributed by atoms with E-state index in [1.165, 1.54) is 5.56 Å². The summed E-state index contributed by atoms with van der Waals surface area (Å²) in [6, 6.07) is 11.8. The lowest BCUT2D eigenvalue weighted by molar-refractivity contribution is 0.0937. The Kier molecular flexibility index (Phi) is 5.55. The Hall–Kier alpha value is -1.71. The molecule has 25 heavy (non-hydrogen) atoms. The maximum Gasteiger partial charge on any atom is 0.164 e. The highest BCUT2D eigenvalue weighted by atomic mass is 35.5. The van der Waals surface area contributed by atoms with E-state index in [2.05, 4.69) is 11.1 Å². The van der Waals surface area contributed by atoms with Crippen LogP contribution in [0.15, 0.2) is 42.6 Å². The predicted molar refractivity (Wildman–Crippen MR) is 102 cm³/mol. The molecular formula is C21H25ClN2O. The van der Waals surface area contributed by atoms with Gasteiger partial charge < -0.3 is 5.73 Å². The molecule has 0 radical (unpaired) electrons. The predicted octanol–water partition coefficient (Wildman–Crippen LogP) is 4.70. The molecule has 3 rings (SSSR count). The van der Waals surface area contributed by atoms with Gasteiger partial charge in [-0.25, -0.2) is 0 Å². The first-order chi connectivity index (χ1) is 12.0. The summed E-state index contributed by atoms with van der Waals surface area (Å²) in [4.78, 5) is 16.7. The van der Waals surface area contributed by atoms with E-state index in [0.717, 1.165) is 42.0 Å². The van der Waals surface area contributed by atoms with Gasteiger partial charge in [0.25, 0.3) is 0 Å². The highest BCUT2D eigenvalue weighted by Crippen LogP contribution is 2.42. The van der Waals surface area contributed by atoms with E-state index < -0.39 is 0 Å². The molecule has 4 heteroatoms. The van der Waals surface area contributed by atoms with Gasteiger partial charge in [0.15, 0.2) is 5.78 Å². The van der Waals surface area contributed by atoms with Gasteiger partial charge in [0.05, 0.1) is 0 Å². The van der Waals surface area contributed by atoms with Crippen molar-refractivity contribution < 1.29 is 4.79 Å². The number of carbonyl (C=O) groups is 1. The molecule has 0 spiro atoms. The number of nitrogens with zero attached hydrogens (tertiary/aromatic N) is 1. The fourth-order valence-electron chi connectivity index (χ4n) is 3.88. The molecule has 1 aromatic carbocycles. The Morgan fingerprint density at radius 3 is 2.64 bits per heavy atom. The summed E-state index contributed by atoms with van der Waals surface area (Å²) in [6.07, 6.45) is 6.35. The lowest BCUT2D eigenvalue weighted by Crippen LogP contribution is -2.39. The SMILES string of the molecule is Cc1ccc(C(=O)CC2CCC(CN)(c3cccc(Cl)c3)CC2)cn1. The summed E-state index contributed by atoms with van der Waals surface area (Å²) < 4.78 is 0. The molecule has 1 aliphatic carbocycles. The zero-order valence-electron chi connectivity index (χ0n) is 14.7. The molecule has 0 unspecified atom stereocenters. The first-order valence-electron chi connectivity index (χ1n) is 8.94. The molecule has 2 aromatic rings. The molecule has 0 amide bonds. The van der Waals surface area contributed by atoms with E-state index in [0.29, 0.717) is 18.9 Å². The minimum Gasteiger partial charge on any atom is -0.330 e. The Balaban J connectivity index is 1.64. The highest BCUT2D eigenvalue weighted by molar-refractivity contribution is 6.30. The number of benzene rings is 1. The molecule has 0 aliphatic heterocycles. The van der Waals surface area contributed by atoms with E-state index in [9.17, 15) is 4.79 Å². The second kappa shape index (κ2) is 7.67. The van der Waals surface area contributed by atoms with Crippen molar-refractivity contribution in [1.29, 1.82) is 0 Å². The Bertz CT molecular complexity index is 734. The van der Waals surface area contributed by atoms with Gasteiger partial charge in [0.1, 0.15) is 0 Å². The van der Waals surface area contributed by atoms with Crippen molar-refractivity contribution in [2.75, 3.05) is 6.54 Å². The molecule has 3 nitrogen and oxygen atoms in total. The first-order valence-corrected chi connectivity index (χ1v) is 9.32. The van der Waals surface area contributed by atoms with Gasteiger partial charge in [0.2, 0.25) is 0 Å². The summed E-state index contributed by atoms with van der Waals surface area (Å²) in [6.45, 7) is 2.55. The number of aromatic nitrogens is 1. The third-order valence-corrected chi connectivity index (χ3v) is 5.83. The van der Waals surface area contributed by atoms with Crippen LogP contribution in [0.25, 0.3) is 0 Å². The first kappa shape index (κ1) is 18.1. The van der Waals surface area contributed by atoms with Gasteiger partial charge in [-0.05, 0) is 68.4 Å². The molecule has 0 saturated heterocycles. The average molecular weight is 357 g/mol. The van der Waals surface area contributed by atoms with Crippen LogP contribution in [-0.2, 0) is 5.41 Å². The van der Waals surface area contributed by atoms with Crippen LogP contribution in [0.3, 0.4) is 0 Å². The van der Waals surface area contributed by atoms with Crippen LogP contribution in [0, 0.1) is 12.8 Å². The fourth-order valence-corrected chi connectivity index (χ4v) is 4.07. The quantitative estimate of drug-likeness (QED) is 0.790. The number of pyridine rings is 1. The average Bonchev–Trinajstić information content (AvgIpc) is 2.63. The molecule has 0 bridgehead atoms. The zero-order valence-corrected chi connectivity index (χ0v) is 15.4. The Morgan fingerprint density at radius 1 is 1.28 bits per heavy atom. The van der Waals surface area contributed by atoms with Crippen molar-refractivity contribution in [1.82, 2.24) is 4.98 Å². The van der Waals surface area contributed by atoms with Crippen molar-refractivity contribution in [3.63, 3.8) is 0 Å². The molecular weight excluding hydrogens is 332 g/mol. The topological polar surface area (TPSA) is 56.0 Å². The molecule has 1 heterocycles. The minimum absolute atomic E-state index is 0.00411. The minimum atomic E-state index is -0.00411. The molecule has 1 fully saturated rings. The Labute approximate surface area is 154 Å². The smallest absolute Gasteiger partial charge is 0.164 e. The van der Waals surface area contributed by atoms with Crippen molar-refractivity contribution >= 4 is 17.4 Å². The second-order valence-electron chi connectivity index (χ2n) is 7.25. The summed E-state index contributed by atoms with van der Waals surface area (Å²) in [5.41, 5.74) is 9.03. The summed E-state index contributed by atoms with van der Waals surface area (Å²) in [7, 11) is 0. The standard InChI is InChI=1S/C21H25ClN2O/c1-15-5-6-17(13-24-15)20(25)11-16-7-9-21(14-23,10-8-16)18-3-2-4-19(22)12-18/h2-6,12-13,16H,7-11,14,23H2,1H3. The van der Waals surface area contributed by atoms with E-state index in [1.54, 1.807) is 6.20 Å². The van der Waals surface area contributed by atoms with E-state index in [4.69, 9.17) is 17.3 Å². The van der Waals surface area contributed by atoms with E-state index in [1.807, 2.05) is 37.3 Å². The second-order valence-corrected chi connectivity index (χ2v) is 7.69. The van der Waals surface area contributed by atoms with Crippen LogP contribution >= 0.6 is 11.6 Å². The van der Waals surface area contributed by atoms with Crippen LogP contribution in [0.4, 0.5) is 0 Å². The molecule has 1 aliphatic rings. The number of carbonyl (C=O) groups excluding carboxylic acids is 1. The van der Waals surface area contributed by atoms with Crippen molar-refractivity contribution in [3.05, 3.63) is 64.4 Å². The van der Waals surface area contributed by atoms with Crippen LogP contribution in [-0.4, -0.2) is 17.3 Å². The van der Waals surface area contributed by atoms with Gasteiger partial charge in [-0.15, -0.1) is 0 Å². The van der Waals surface area contributed by atoms with E-state index >= 15 is 0 Å². The van der Waals surface area contributed by atoms with Crippen molar-refractivity contribution in [2.45, 2.75) is 44.4 Å².